The number of hydrogen-bond donors (Lipinski definition) is 0. The molecule has 0 spiro atoms. The van der Waals surface area contributed by atoms with Gasteiger partial charge < -0.3 is 9.64 Å². The number of carbonyl (C=O) groups is 2. The fraction of sp³-hybridized carbons (Fsp3) is 0.263. The molecule has 1 unspecified atom stereocenters. The minimum absolute atomic E-state index is 0.0983. The van der Waals surface area contributed by atoms with Crippen LogP contribution < -0.4 is 0 Å². The van der Waals surface area contributed by atoms with Crippen molar-refractivity contribution in [1.82, 2.24) is 4.90 Å². The highest BCUT2D eigenvalue weighted by molar-refractivity contribution is 5.94. The van der Waals surface area contributed by atoms with E-state index in [-0.39, 0.29) is 13.1 Å². The monoisotopic (exact) mass is 383 g/mol. The summed E-state index contributed by atoms with van der Waals surface area (Å²) in [4.78, 5) is 25.5. The van der Waals surface area contributed by atoms with Crippen LogP contribution in [-0.4, -0.2) is 30.4 Å². The predicted molar refractivity (Wildman–Crippen MR) is 88.6 cm³/mol. The molecule has 1 atom stereocenters. The van der Waals surface area contributed by atoms with Crippen LogP contribution in [0.2, 0.25) is 0 Å². The summed E-state index contributed by atoms with van der Waals surface area (Å²) in [6, 6.07) is 6.67. The third kappa shape index (κ3) is 4.84. The van der Waals surface area contributed by atoms with Gasteiger partial charge in [0.1, 0.15) is 5.82 Å². The van der Waals surface area contributed by atoms with E-state index in [1.165, 1.54) is 38.3 Å². The normalized spacial score (nSPS) is 11.8. The van der Waals surface area contributed by atoms with Gasteiger partial charge >= 0.3 is 5.97 Å². The first-order valence-electron chi connectivity index (χ1n) is 7.99. The van der Waals surface area contributed by atoms with Crippen LogP contribution in [-0.2, 0) is 16.1 Å². The lowest BCUT2D eigenvalue weighted by Gasteiger charge is -2.25. The first-order chi connectivity index (χ1) is 12.7. The Bertz CT molecular complexity index is 840. The zero-order valence-corrected chi connectivity index (χ0v) is 14.6. The zero-order chi connectivity index (χ0) is 20.1. The summed E-state index contributed by atoms with van der Waals surface area (Å²) in [6.45, 7) is 1.23. The fourth-order valence-corrected chi connectivity index (χ4v) is 2.50. The van der Waals surface area contributed by atoms with E-state index in [1.54, 1.807) is 0 Å². The van der Waals surface area contributed by atoms with Crippen molar-refractivity contribution in [3.63, 3.8) is 0 Å². The van der Waals surface area contributed by atoms with Crippen molar-refractivity contribution in [2.75, 3.05) is 13.7 Å². The fourth-order valence-electron chi connectivity index (χ4n) is 2.50. The molecule has 0 aromatic heterocycles. The van der Waals surface area contributed by atoms with Gasteiger partial charge in [-0.05, 0) is 29.8 Å². The number of benzene rings is 2. The molecule has 0 saturated heterocycles. The number of amides is 1. The maximum Gasteiger partial charge on any atom is 0.310 e. The molecule has 1 amide bonds. The van der Waals surface area contributed by atoms with Crippen LogP contribution in [0.15, 0.2) is 36.4 Å². The van der Waals surface area contributed by atoms with Gasteiger partial charge in [0.05, 0.1) is 18.6 Å². The maximum absolute atomic E-state index is 14.0. The largest absolute Gasteiger partial charge is 0.469 e. The summed E-state index contributed by atoms with van der Waals surface area (Å²) < 4.78 is 58.3. The summed E-state index contributed by atoms with van der Waals surface area (Å²) in [5.41, 5.74) is -0.169. The summed E-state index contributed by atoms with van der Waals surface area (Å²) in [5.74, 6) is -7.57. The molecule has 8 heteroatoms. The number of esters is 1. The second-order valence-corrected chi connectivity index (χ2v) is 5.96. The Hall–Kier alpha value is -2.90. The Labute approximate surface area is 153 Å². The van der Waals surface area contributed by atoms with Crippen molar-refractivity contribution in [3.8, 4) is 0 Å². The second kappa shape index (κ2) is 8.66. The van der Waals surface area contributed by atoms with Crippen molar-refractivity contribution in [3.05, 3.63) is 70.8 Å². The summed E-state index contributed by atoms with van der Waals surface area (Å²) in [7, 11) is 1.18. The Kier molecular flexibility index (Phi) is 6.55. The average Bonchev–Trinajstić information content (AvgIpc) is 2.66. The molecule has 0 aliphatic heterocycles. The Morgan fingerprint density at radius 3 is 2.22 bits per heavy atom. The Morgan fingerprint density at radius 2 is 1.63 bits per heavy atom. The quantitative estimate of drug-likeness (QED) is 0.434. The number of methoxy groups -OCH3 is 1. The maximum atomic E-state index is 14.0. The average molecular weight is 383 g/mol. The third-order valence-electron chi connectivity index (χ3n) is 3.94. The highest BCUT2D eigenvalue weighted by Crippen LogP contribution is 2.19. The Balaban J connectivity index is 2.35. The van der Waals surface area contributed by atoms with Crippen molar-refractivity contribution >= 4 is 11.9 Å². The minimum atomic E-state index is -1.76. The summed E-state index contributed by atoms with van der Waals surface area (Å²) in [5, 5.41) is 0. The highest BCUT2D eigenvalue weighted by Gasteiger charge is 2.26. The van der Waals surface area contributed by atoms with Gasteiger partial charge in [-0.2, -0.15) is 0 Å². The summed E-state index contributed by atoms with van der Waals surface area (Å²) in [6.07, 6.45) is 0. The molecule has 0 fully saturated rings. The van der Waals surface area contributed by atoms with E-state index in [0.717, 1.165) is 11.0 Å². The topological polar surface area (TPSA) is 46.6 Å². The number of hydrogen-bond acceptors (Lipinski definition) is 3. The minimum Gasteiger partial charge on any atom is -0.469 e. The first-order valence-corrected chi connectivity index (χ1v) is 7.99. The molecule has 0 radical (unpaired) electrons. The first kappa shape index (κ1) is 20.4. The number of rotatable bonds is 6. The van der Waals surface area contributed by atoms with Crippen LogP contribution in [0.3, 0.4) is 0 Å². The van der Waals surface area contributed by atoms with Crippen LogP contribution >= 0.6 is 0 Å². The van der Waals surface area contributed by atoms with Crippen molar-refractivity contribution < 1.29 is 31.9 Å². The van der Waals surface area contributed by atoms with Gasteiger partial charge in [-0.1, -0.05) is 19.1 Å². The number of nitrogens with zero attached hydrogens (tertiary/aromatic N) is 1. The van der Waals surface area contributed by atoms with E-state index < -0.39 is 46.6 Å². The van der Waals surface area contributed by atoms with Crippen LogP contribution in [0.5, 0.6) is 0 Å². The van der Waals surface area contributed by atoms with E-state index in [2.05, 4.69) is 4.74 Å². The molecule has 2 rings (SSSR count). The molecule has 0 heterocycles. The van der Waals surface area contributed by atoms with Crippen molar-refractivity contribution in [2.45, 2.75) is 13.5 Å². The molecule has 144 valence electrons. The lowest BCUT2D eigenvalue weighted by atomic mass is 10.1. The number of halogens is 4. The lowest BCUT2D eigenvalue weighted by Crippen LogP contribution is -2.37. The molecule has 0 aliphatic carbocycles. The lowest BCUT2D eigenvalue weighted by molar-refractivity contribution is -0.145. The molecule has 2 aromatic rings. The highest BCUT2D eigenvalue weighted by atomic mass is 19.2. The second-order valence-electron chi connectivity index (χ2n) is 5.96. The van der Waals surface area contributed by atoms with Gasteiger partial charge in [0.15, 0.2) is 17.5 Å². The van der Waals surface area contributed by atoms with E-state index in [0.29, 0.717) is 11.6 Å². The van der Waals surface area contributed by atoms with Crippen LogP contribution in [0, 0.1) is 29.2 Å². The zero-order valence-electron chi connectivity index (χ0n) is 14.6. The Morgan fingerprint density at radius 1 is 1.00 bits per heavy atom. The molecule has 4 nitrogen and oxygen atoms in total. The van der Waals surface area contributed by atoms with E-state index in [9.17, 15) is 27.2 Å². The standard InChI is InChI=1S/C19H17F4NO3/c1-11(19(26)27-2)9-24(10-12-3-5-13(20)6-4-12)18(25)14-7-8-15(21)17(23)16(14)22/h3-8,11H,9-10H2,1-2H3. The van der Waals surface area contributed by atoms with Crippen LogP contribution in [0.4, 0.5) is 17.6 Å². The van der Waals surface area contributed by atoms with E-state index in [1.807, 2.05) is 0 Å². The van der Waals surface area contributed by atoms with Crippen molar-refractivity contribution in [1.29, 1.82) is 0 Å². The van der Waals surface area contributed by atoms with E-state index >= 15 is 0 Å². The molecular formula is C19H17F4NO3. The van der Waals surface area contributed by atoms with Crippen molar-refractivity contribution in [2.24, 2.45) is 5.92 Å². The molecule has 0 aliphatic rings. The third-order valence-corrected chi connectivity index (χ3v) is 3.94. The van der Waals surface area contributed by atoms with Gasteiger partial charge in [-0.3, -0.25) is 9.59 Å². The van der Waals surface area contributed by atoms with Gasteiger partial charge in [0.2, 0.25) is 0 Å². The van der Waals surface area contributed by atoms with Gasteiger partial charge in [-0.15, -0.1) is 0 Å². The van der Waals surface area contributed by atoms with Gasteiger partial charge in [0.25, 0.3) is 5.91 Å². The molecule has 0 N–H and O–H groups in total. The number of carbonyl (C=O) groups excluding carboxylic acids is 2. The van der Waals surface area contributed by atoms with Gasteiger partial charge in [-0.25, -0.2) is 17.6 Å². The molecule has 2 aromatic carbocycles. The molecular weight excluding hydrogens is 366 g/mol. The molecule has 0 bridgehead atoms. The SMILES string of the molecule is COC(=O)C(C)CN(Cc1ccc(F)cc1)C(=O)c1ccc(F)c(F)c1F. The van der Waals surface area contributed by atoms with Crippen LogP contribution in [0.25, 0.3) is 0 Å². The summed E-state index contributed by atoms with van der Waals surface area (Å²) >= 11 is 0. The van der Waals surface area contributed by atoms with Crippen LogP contribution in [0.1, 0.15) is 22.8 Å². The molecule has 0 saturated carbocycles. The van der Waals surface area contributed by atoms with Gasteiger partial charge in [0, 0.05) is 13.1 Å². The van der Waals surface area contributed by atoms with E-state index in [4.69, 9.17) is 0 Å². The predicted octanol–water partition coefficient (Wildman–Crippen LogP) is 3.69. The number of ether oxygens (including phenoxy) is 1. The smallest absolute Gasteiger partial charge is 0.310 e. The molecule has 27 heavy (non-hydrogen) atoms.